The Labute approximate surface area is 196 Å². The van der Waals surface area contributed by atoms with Gasteiger partial charge in [-0.2, -0.15) is 0 Å². The van der Waals surface area contributed by atoms with E-state index in [0.29, 0.717) is 30.4 Å². The number of rotatable bonds is 1. The predicted molar refractivity (Wildman–Crippen MR) is 122 cm³/mol. The zero-order chi connectivity index (χ0) is 23.4. The predicted octanol–water partition coefficient (Wildman–Crippen LogP) is 4.07. The van der Waals surface area contributed by atoms with Crippen LogP contribution in [0.5, 0.6) is 5.75 Å². The maximum atomic E-state index is 14.5. The summed E-state index contributed by atoms with van der Waals surface area (Å²) in [6, 6.07) is 10.4. The third-order valence-electron chi connectivity index (χ3n) is 6.43. The molecular formula is C24H20BrF2N3O3. The molecular weight excluding hydrogens is 496 g/mol. The van der Waals surface area contributed by atoms with E-state index in [0.717, 1.165) is 10.0 Å². The lowest BCUT2D eigenvalue weighted by Crippen LogP contribution is -2.61. The van der Waals surface area contributed by atoms with Crippen molar-refractivity contribution >= 4 is 21.8 Å². The van der Waals surface area contributed by atoms with E-state index in [1.165, 1.54) is 34.0 Å². The molecule has 0 saturated heterocycles. The molecule has 2 aromatic carbocycles. The van der Waals surface area contributed by atoms with Crippen molar-refractivity contribution in [1.82, 2.24) is 9.58 Å². The van der Waals surface area contributed by atoms with Crippen LogP contribution in [0.15, 0.2) is 57.9 Å². The van der Waals surface area contributed by atoms with Crippen molar-refractivity contribution in [3.63, 3.8) is 0 Å². The molecule has 6 nitrogen and oxygen atoms in total. The van der Waals surface area contributed by atoms with Gasteiger partial charge in [-0.3, -0.25) is 19.3 Å². The van der Waals surface area contributed by atoms with Crippen molar-refractivity contribution in [2.24, 2.45) is 0 Å². The molecule has 1 N–H and O–H groups in total. The van der Waals surface area contributed by atoms with Gasteiger partial charge in [0.1, 0.15) is 6.17 Å². The Hall–Kier alpha value is -3.20. The smallest absolute Gasteiger partial charge is 0.277 e. The van der Waals surface area contributed by atoms with Crippen molar-refractivity contribution in [1.29, 1.82) is 0 Å². The molecule has 2 aliphatic rings. The van der Waals surface area contributed by atoms with Crippen LogP contribution in [0, 0.1) is 11.6 Å². The molecule has 0 aliphatic carbocycles. The molecule has 2 atom stereocenters. The number of hydrogen-bond acceptors (Lipinski definition) is 4. The van der Waals surface area contributed by atoms with Gasteiger partial charge in [0, 0.05) is 23.8 Å². The summed E-state index contributed by atoms with van der Waals surface area (Å²) in [5.41, 5.74) is 1.16. The average molecular weight is 516 g/mol. The van der Waals surface area contributed by atoms with Crippen molar-refractivity contribution in [2.75, 3.05) is 12.1 Å². The minimum absolute atomic E-state index is 0.164. The van der Waals surface area contributed by atoms with Crippen LogP contribution in [0.1, 0.15) is 46.1 Å². The lowest BCUT2D eigenvalue weighted by molar-refractivity contribution is 0.0600. The first-order valence-corrected chi connectivity index (χ1v) is 11.3. The Morgan fingerprint density at radius 3 is 2.55 bits per heavy atom. The number of halogens is 3. The van der Waals surface area contributed by atoms with E-state index in [4.69, 9.17) is 0 Å². The number of aryl methyl sites for hydroxylation is 1. The minimum atomic E-state index is -0.965. The fraction of sp³-hybridized carbons (Fsp3) is 0.250. The van der Waals surface area contributed by atoms with Gasteiger partial charge in [0.15, 0.2) is 23.1 Å². The Bertz CT molecular complexity index is 1340. The number of fused-ring (bicyclic) bond motifs is 4. The van der Waals surface area contributed by atoms with Gasteiger partial charge in [0.25, 0.3) is 5.91 Å². The van der Waals surface area contributed by atoms with Gasteiger partial charge in [-0.25, -0.2) is 8.78 Å². The minimum Gasteiger partial charge on any atom is -0.502 e. The number of amides is 1. The summed E-state index contributed by atoms with van der Waals surface area (Å²) in [6.07, 6.45) is 2.68. The lowest BCUT2D eigenvalue weighted by Gasteiger charge is -2.50. The van der Waals surface area contributed by atoms with E-state index in [1.807, 2.05) is 29.3 Å². The zero-order valence-corrected chi connectivity index (χ0v) is 19.2. The highest BCUT2D eigenvalue weighted by atomic mass is 79.9. The molecule has 0 saturated carbocycles. The summed E-state index contributed by atoms with van der Waals surface area (Å²) in [7, 11) is 1.62. The number of carbonyl (C=O) groups is 1. The van der Waals surface area contributed by atoms with Crippen LogP contribution in [-0.2, 0) is 6.42 Å². The normalized spacial score (nSPS) is 19.9. The van der Waals surface area contributed by atoms with Crippen molar-refractivity contribution < 1.29 is 18.7 Å². The lowest BCUT2D eigenvalue weighted by atomic mass is 9.88. The molecule has 3 heterocycles. The zero-order valence-electron chi connectivity index (χ0n) is 17.6. The van der Waals surface area contributed by atoms with Crippen LogP contribution in [0.2, 0.25) is 0 Å². The van der Waals surface area contributed by atoms with E-state index < -0.39 is 40.9 Å². The summed E-state index contributed by atoms with van der Waals surface area (Å²) < 4.78 is 31.0. The van der Waals surface area contributed by atoms with E-state index >= 15 is 0 Å². The number of aromatic nitrogens is 1. The van der Waals surface area contributed by atoms with E-state index in [1.54, 1.807) is 7.05 Å². The molecule has 9 heteroatoms. The number of aromatic hydroxyl groups is 1. The Morgan fingerprint density at radius 1 is 1.06 bits per heavy atom. The van der Waals surface area contributed by atoms with Crippen molar-refractivity contribution in [3.8, 4) is 5.75 Å². The average Bonchev–Trinajstić information content (AvgIpc) is 2.78. The largest absolute Gasteiger partial charge is 0.502 e. The highest BCUT2D eigenvalue weighted by Gasteiger charge is 2.43. The molecule has 3 aromatic rings. The molecule has 2 aliphatic heterocycles. The van der Waals surface area contributed by atoms with Gasteiger partial charge >= 0.3 is 0 Å². The third kappa shape index (κ3) is 3.33. The molecule has 1 aromatic heterocycles. The fourth-order valence-corrected chi connectivity index (χ4v) is 5.36. The number of benzene rings is 2. The first kappa shape index (κ1) is 21.6. The SMILES string of the molecule is CN1C(=O)c2c(O)c(=O)ccn2N2C1CCCc1cc(F)c(F)cc1[C@@H]2c1ccccc1Br. The van der Waals surface area contributed by atoms with Gasteiger partial charge in [-0.15, -0.1) is 0 Å². The standard InChI is InChI=1S/C24H20BrF2N3O3/c1-28-20-8-4-5-13-11-17(26)18(27)12-15(13)21(14-6-2-3-7-16(14)25)30(20)29-10-9-19(31)23(32)22(29)24(28)33/h2-3,6-7,9-12,20-21,32H,4-5,8H2,1H3/t20?,21-/m0/s1. The first-order chi connectivity index (χ1) is 15.8. The van der Waals surface area contributed by atoms with E-state index in [-0.39, 0.29) is 5.69 Å². The third-order valence-corrected chi connectivity index (χ3v) is 7.15. The Balaban J connectivity index is 1.87. The van der Waals surface area contributed by atoms with Crippen LogP contribution in [0.4, 0.5) is 8.78 Å². The molecule has 0 radical (unpaired) electrons. The quantitative estimate of drug-likeness (QED) is 0.530. The fourth-order valence-electron chi connectivity index (χ4n) is 4.85. The summed E-state index contributed by atoms with van der Waals surface area (Å²) >= 11 is 3.59. The van der Waals surface area contributed by atoms with Gasteiger partial charge in [-0.1, -0.05) is 34.1 Å². The van der Waals surface area contributed by atoms with Gasteiger partial charge in [0.05, 0.1) is 6.04 Å². The van der Waals surface area contributed by atoms with Crippen LogP contribution < -0.4 is 10.4 Å². The Morgan fingerprint density at radius 2 is 1.79 bits per heavy atom. The topological polar surface area (TPSA) is 65.8 Å². The van der Waals surface area contributed by atoms with Gasteiger partial charge < -0.3 is 10.0 Å². The summed E-state index contributed by atoms with van der Waals surface area (Å²) in [4.78, 5) is 26.8. The number of nitrogens with zero attached hydrogens (tertiary/aromatic N) is 3. The second kappa shape index (κ2) is 7.98. The molecule has 0 fully saturated rings. The second-order valence-corrected chi connectivity index (χ2v) is 9.13. The maximum absolute atomic E-state index is 14.5. The summed E-state index contributed by atoms with van der Waals surface area (Å²) in [5.74, 6) is -3.01. The van der Waals surface area contributed by atoms with E-state index in [9.17, 15) is 23.5 Å². The number of hydrogen-bond donors (Lipinski definition) is 1. The highest BCUT2D eigenvalue weighted by molar-refractivity contribution is 9.10. The van der Waals surface area contributed by atoms with Crippen molar-refractivity contribution in [3.05, 3.63) is 97.4 Å². The molecule has 0 spiro atoms. The van der Waals surface area contributed by atoms with Crippen LogP contribution in [0.25, 0.3) is 0 Å². The van der Waals surface area contributed by atoms with Crippen LogP contribution in [0.3, 0.4) is 0 Å². The summed E-state index contributed by atoms with van der Waals surface area (Å²) in [5, 5.41) is 12.4. The number of pyridine rings is 1. The maximum Gasteiger partial charge on any atom is 0.277 e. The van der Waals surface area contributed by atoms with Crippen molar-refractivity contribution in [2.45, 2.75) is 31.5 Å². The Kier molecular flexibility index (Phi) is 5.23. The molecule has 1 unspecified atom stereocenters. The molecule has 0 bridgehead atoms. The molecule has 170 valence electrons. The molecule has 33 heavy (non-hydrogen) atoms. The monoisotopic (exact) mass is 515 g/mol. The molecule has 5 rings (SSSR count). The first-order valence-electron chi connectivity index (χ1n) is 10.5. The second-order valence-electron chi connectivity index (χ2n) is 8.28. The number of carbonyl (C=O) groups excluding carboxylic acids is 1. The highest BCUT2D eigenvalue weighted by Crippen LogP contribution is 2.41. The van der Waals surface area contributed by atoms with Gasteiger partial charge in [-0.05, 0) is 54.2 Å². The summed E-state index contributed by atoms with van der Waals surface area (Å²) in [6.45, 7) is 0. The van der Waals surface area contributed by atoms with Crippen LogP contribution in [-0.4, -0.2) is 33.8 Å². The van der Waals surface area contributed by atoms with Gasteiger partial charge in [0.2, 0.25) is 5.43 Å². The molecule has 1 amide bonds. The van der Waals surface area contributed by atoms with E-state index in [2.05, 4.69) is 15.9 Å². The van der Waals surface area contributed by atoms with Crippen LogP contribution >= 0.6 is 15.9 Å².